The summed E-state index contributed by atoms with van der Waals surface area (Å²) in [5.41, 5.74) is 0. The zero-order valence-corrected chi connectivity index (χ0v) is 8.17. The summed E-state index contributed by atoms with van der Waals surface area (Å²) in [7, 11) is 4.34. The van der Waals surface area contributed by atoms with E-state index >= 15 is 0 Å². The van der Waals surface area contributed by atoms with Crippen molar-refractivity contribution in [3.8, 4) is 0 Å². The molecule has 10 heavy (non-hydrogen) atoms. The number of thioether (sulfide) groups is 2. The van der Waals surface area contributed by atoms with Gasteiger partial charge in [0.25, 0.3) is 0 Å². The monoisotopic (exact) mass is 178 g/mol. The first-order valence-corrected chi connectivity index (χ1v) is 5.62. The van der Waals surface area contributed by atoms with Crippen LogP contribution in [0.3, 0.4) is 0 Å². The maximum atomic E-state index is 2.35. The fourth-order valence-corrected chi connectivity index (χ4v) is 2.79. The Hall–Kier alpha value is 0.620. The molecule has 0 radical (unpaired) electrons. The van der Waals surface area contributed by atoms with Crippen LogP contribution < -0.4 is 0 Å². The fraction of sp³-hybridized carbons (Fsp3) is 1.00. The minimum absolute atomic E-state index is 1.16. The van der Waals surface area contributed by atoms with Crippen LogP contribution in [0.15, 0.2) is 0 Å². The molecule has 0 aromatic carbocycles. The van der Waals surface area contributed by atoms with E-state index in [0.717, 1.165) is 23.5 Å². The largest absolute Gasteiger partial charge is 0.288 e. The highest BCUT2D eigenvalue weighted by Crippen LogP contribution is 2.14. The lowest BCUT2D eigenvalue weighted by Gasteiger charge is -2.24. The van der Waals surface area contributed by atoms with E-state index in [1.807, 2.05) is 23.5 Å². The number of nitrogens with zero attached hydrogens (tertiary/aromatic N) is 2. The van der Waals surface area contributed by atoms with Crippen molar-refractivity contribution in [2.45, 2.75) is 0 Å². The molecular weight excluding hydrogens is 164 g/mol. The van der Waals surface area contributed by atoms with Crippen molar-refractivity contribution in [1.29, 1.82) is 0 Å². The average Bonchev–Trinajstić information content (AvgIpc) is 1.84. The molecule has 0 spiro atoms. The molecule has 1 aliphatic heterocycles. The molecule has 0 aromatic heterocycles. The van der Waals surface area contributed by atoms with Crippen LogP contribution in [0.5, 0.6) is 0 Å². The molecular formula is C6H14N2S2. The molecule has 1 saturated heterocycles. The van der Waals surface area contributed by atoms with Gasteiger partial charge >= 0.3 is 0 Å². The van der Waals surface area contributed by atoms with Crippen molar-refractivity contribution in [1.82, 2.24) is 9.80 Å². The van der Waals surface area contributed by atoms with E-state index in [2.05, 4.69) is 23.9 Å². The second kappa shape index (κ2) is 4.49. The van der Waals surface area contributed by atoms with E-state index in [0.29, 0.717) is 0 Å². The topological polar surface area (TPSA) is 6.48 Å². The number of rotatable bonds is 0. The zero-order valence-electron chi connectivity index (χ0n) is 6.54. The van der Waals surface area contributed by atoms with E-state index in [9.17, 15) is 0 Å². The van der Waals surface area contributed by atoms with E-state index in [-0.39, 0.29) is 0 Å². The molecule has 0 N–H and O–H groups in total. The first kappa shape index (κ1) is 8.71. The van der Waals surface area contributed by atoms with Crippen molar-refractivity contribution in [3.63, 3.8) is 0 Å². The van der Waals surface area contributed by atoms with E-state index < -0.39 is 0 Å². The van der Waals surface area contributed by atoms with Gasteiger partial charge in [0, 0.05) is 23.5 Å². The molecule has 4 heteroatoms. The summed E-state index contributed by atoms with van der Waals surface area (Å²) in [6.45, 7) is 0. The third kappa shape index (κ3) is 3.14. The Labute approximate surface area is 71.3 Å². The second-order valence-corrected chi connectivity index (χ2v) is 4.49. The van der Waals surface area contributed by atoms with Gasteiger partial charge in [-0.15, -0.1) is 23.5 Å². The third-order valence-electron chi connectivity index (χ3n) is 1.25. The Morgan fingerprint density at radius 2 is 1.10 bits per heavy atom. The van der Waals surface area contributed by atoms with Gasteiger partial charge < -0.3 is 0 Å². The summed E-state index contributed by atoms with van der Waals surface area (Å²) in [4.78, 5) is 4.70. The lowest BCUT2D eigenvalue weighted by molar-refractivity contribution is 0.431. The summed E-state index contributed by atoms with van der Waals surface area (Å²) in [5, 5.41) is 0. The summed E-state index contributed by atoms with van der Waals surface area (Å²) in [6.07, 6.45) is 0. The summed E-state index contributed by atoms with van der Waals surface area (Å²) in [5.74, 6) is 4.66. The van der Waals surface area contributed by atoms with Gasteiger partial charge in [0.1, 0.15) is 0 Å². The molecule has 0 saturated carbocycles. The molecule has 0 atom stereocenters. The van der Waals surface area contributed by atoms with Crippen LogP contribution in [-0.2, 0) is 0 Å². The SMILES string of the molecule is CN1CSCN(C)CSC1. The fourth-order valence-electron chi connectivity index (χ4n) is 0.780. The highest BCUT2D eigenvalue weighted by molar-refractivity contribution is 8.00. The lowest BCUT2D eigenvalue weighted by atomic mass is 11.0. The summed E-state index contributed by atoms with van der Waals surface area (Å²) >= 11 is 3.97. The zero-order chi connectivity index (χ0) is 7.40. The molecule has 0 aromatic rings. The normalized spacial score (nSPS) is 25.8. The first-order chi connectivity index (χ1) is 4.79. The van der Waals surface area contributed by atoms with E-state index in [1.165, 1.54) is 0 Å². The van der Waals surface area contributed by atoms with Crippen LogP contribution in [0.1, 0.15) is 0 Å². The van der Waals surface area contributed by atoms with Gasteiger partial charge in [-0.25, -0.2) is 0 Å². The molecule has 0 bridgehead atoms. The van der Waals surface area contributed by atoms with Crippen molar-refractivity contribution in [2.75, 3.05) is 37.6 Å². The number of hydrogen-bond donors (Lipinski definition) is 0. The third-order valence-corrected chi connectivity index (χ3v) is 3.74. The smallest absolute Gasteiger partial charge is 0.0462 e. The Morgan fingerprint density at radius 1 is 0.800 bits per heavy atom. The molecule has 0 unspecified atom stereocenters. The first-order valence-electron chi connectivity index (χ1n) is 3.31. The average molecular weight is 178 g/mol. The highest BCUT2D eigenvalue weighted by atomic mass is 32.2. The van der Waals surface area contributed by atoms with Crippen molar-refractivity contribution in [3.05, 3.63) is 0 Å². The Morgan fingerprint density at radius 3 is 1.40 bits per heavy atom. The quantitative estimate of drug-likeness (QED) is 0.549. The van der Waals surface area contributed by atoms with Crippen LogP contribution in [-0.4, -0.2) is 47.4 Å². The van der Waals surface area contributed by atoms with Crippen molar-refractivity contribution in [2.24, 2.45) is 0 Å². The minimum Gasteiger partial charge on any atom is -0.288 e. The van der Waals surface area contributed by atoms with Gasteiger partial charge in [0.05, 0.1) is 0 Å². The molecule has 2 nitrogen and oxygen atoms in total. The lowest BCUT2D eigenvalue weighted by Crippen LogP contribution is -2.26. The van der Waals surface area contributed by atoms with Crippen LogP contribution in [0.4, 0.5) is 0 Å². The molecule has 0 aliphatic carbocycles. The second-order valence-electron chi connectivity index (χ2n) is 2.64. The Balaban J connectivity index is 2.21. The minimum atomic E-state index is 1.16. The van der Waals surface area contributed by atoms with Gasteiger partial charge in [0.2, 0.25) is 0 Å². The van der Waals surface area contributed by atoms with Crippen LogP contribution in [0, 0.1) is 0 Å². The number of hydrogen-bond acceptors (Lipinski definition) is 4. The standard InChI is InChI=1S/C6H14N2S2/c1-7-3-9-5-8(2)6-10-4-7/h3-6H2,1-2H3. The maximum Gasteiger partial charge on any atom is 0.0462 e. The van der Waals surface area contributed by atoms with Gasteiger partial charge in [0.15, 0.2) is 0 Å². The van der Waals surface area contributed by atoms with E-state index in [4.69, 9.17) is 0 Å². The Kier molecular flexibility index (Phi) is 3.91. The summed E-state index contributed by atoms with van der Waals surface area (Å²) in [6, 6.07) is 0. The Bertz CT molecular complexity index is 79.7. The maximum absolute atomic E-state index is 2.35. The predicted molar refractivity (Wildman–Crippen MR) is 50.2 cm³/mol. The predicted octanol–water partition coefficient (Wildman–Crippen LogP) is 1.16. The van der Waals surface area contributed by atoms with Crippen LogP contribution in [0.25, 0.3) is 0 Å². The highest BCUT2D eigenvalue weighted by Gasteiger charge is 2.05. The van der Waals surface area contributed by atoms with Gasteiger partial charge in [-0.1, -0.05) is 0 Å². The molecule has 1 fully saturated rings. The van der Waals surface area contributed by atoms with Gasteiger partial charge in [-0.3, -0.25) is 9.80 Å². The molecule has 1 rings (SSSR count). The molecule has 0 amide bonds. The molecule has 60 valence electrons. The molecule has 1 aliphatic rings. The van der Waals surface area contributed by atoms with Crippen molar-refractivity contribution >= 4 is 23.5 Å². The van der Waals surface area contributed by atoms with E-state index in [1.54, 1.807) is 0 Å². The van der Waals surface area contributed by atoms with Crippen LogP contribution >= 0.6 is 23.5 Å². The van der Waals surface area contributed by atoms with Gasteiger partial charge in [-0.05, 0) is 14.1 Å². The molecule has 1 heterocycles. The van der Waals surface area contributed by atoms with Crippen LogP contribution in [0.2, 0.25) is 0 Å². The van der Waals surface area contributed by atoms with Gasteiger partial charge in [-0.2, -0.15) is 0 Å². The summed E-state index contributed by atoms with van der Waals surface area (Å²) < 4.78 is 0. The van der Waals surface area contributed by atoms with Crippen molar-refractivity contribution < 1.29 is 0 Å².